The van der Waals surface area contributed by atoms with Gasteiger partial charge in [-0.05, 0) is 57.6 Å². The molecule has 1 aliphatic heterocycles. The fourth-order valence-electron chi connectivity index (χ4n) is 3.33. The van der Waals surface area contributed by atoms with Crippen LogP contribution in [0.2, 0.25) is 0 Å². The van der Waals surface area contributed by atoms with E-state index in [0.29, 0.717) is 11.9 Å². The lowest BCUT2D eigenvalue weighted by atomic mass is 10.1. The maximum absolute atomic E-state index is 12.8. The Morgan fingerprint density at radius 2 is 2.15 bits per heavy atom. The van der Waals surface area contributed by atoms with Crippen molar-refractivity contribution in [2.45, 2.75) is 57.9 Å². The maximum Gasteiger partial charge on any atom is 0.249 e. The van der Waals surface area contributed by atoms with Crippen LogP contribution in [0.1, 0.15) is 60.7 Å². The highest BCUT2D eigenvalue weighted by molar-refractivity contribution is 7.12. The Balaban J connectivity index is 1.77. The minimum atomic E-state index is 0.306. The van der Waals surface area contributed by atoms with Gasteiger partial charge in [0.25, 0.3) is 0 Å². The second-order valence-corrected chi connectivity index (χ2v) is 7.25. The number of hydrogen-bond acceptors (Lipinski definition) is 2. The molecule has 0 N–H and O–H groups in total. The summed E-state index contributed by atoms with van der Waals surface area (Å²) in [7, 11) is 0. The first-order valence-electron chi connectivity index (χ1n) is 7.82. The highest BCUT2D eigenvalue weighted by Crippen LogP contribution is 2.37. The van der Waals surface area contributed by atoms with Gasteiger partial charge in [-0.25, -0.2) is 0 Å². The molecule has 2 nitrogen and oxygen atoms in total. The third-order valence-corrected chi connectivity index (χ3v) is 5.52. The van der Waals surface area contributed by atoms with Crippen molar-refractivity contribution in [2.24, 2.45) is 0 Å². The SMILES string of the molecule is Cc1ccc([C@@H]2CCCN2C(=O)C2=CCCCCC2)s1. The first-order valence-corrected chi connectivity index (χ1v) is 8.63. The molecule has 1 atom stereocenters. The van der Waals surface area contributed by atoms with E-state index in [9.17, 15) is 4.79 Å². The second-order valence-electron chi connectivity index (χ2n) is 5.93. The molecule has 3 heteroatoms. The second kappa shape index (κ2) is 6.13. The standard InChI is InChI=1S/C17H23NOS/c1-13-10-11-16(20-13)15-9-6-12-18(15)17(19)14-7-4-2-3-5-8-14/h7,10-11,15H,2-6,8-9,12H2,1H3/t15-/m0/s1. The summed E-state index contributed by atoms with van der Waals surface area (Å²) in [6.07, 6.45) is 10.2. The van der Waals surface area contributed by atoms with Gasteiger partial charge in [-0.3, -0.25) is 4.79 Å². The molecule has 1 amide bonds. The molecule has 108 valence electrons. The highest BCUT2D eigenvalue weighted by Gasteiger charge is 2.32. The van der Waals surface area contributed by atoms with Crippen molar-refractivity contribution in [2.75, 3.05) is 6.54 Å². The smallest absolute Gasteiger partial charge is 0.249 e. The van der Waals surface area contributed by atoms with Crippen LogP contribution in [0, 0.1) is 6.92 Å². The average molecular weight is 289 g/mol. The third-order valence-electron chi connectivity index (χ3n) is 4.42. The van der Waals surface area contributed by atoms with Crippen LogP contribution in [-0.4, -0.2) is 17.4 Å². The summed E-state index contributed by atoms with van der Waals surface area (Å²) in [6.45, 7) is 3.07. The predicted molar refractivity (Wildman–Crippen MR) is 83.9 cm³/mol. The largest absolute Gasteiger partial charge is 0.331 e. The summed E-state index contributed by atoms with van der Waals surface area (Å²) in [5, 5.41) is 0. The Bertz CT molecular complexity index is 517. The molecule has 2 aliphatic rings. The number of allylic oxidation sites excluding steroid dienone is 1. The summed E-state index contributed by atoms with van der Waals surface area (Å²) < 4.78 is 0. The molecular weight excluding hydrogens is 266 g/mol. The van der Waals surface area contributed by atoms with Crippen LogP contribution in [0.25, 0.3) is 0 Å². The number of carbonyl (C=O) groups is 1. The van der Waals surface area contributed by atoms with Gasteiger partial charge in [0.1, 0.15) is 0 Å². The predicted octanol–water partition coefficient (Wildman–Crippen LogP) is 4.61. The van der Waals surface area contributed by atoms with Gasteiger partial charge in [0, 0.05) is 21.9 Å². The van der Waals surface area contributed by atoms with Gasteiger partial charge in [0.2, 0.25) is 5.91 Å². The molecule has 0 bridgehead atoms. The lowest BCUT2D eigenvalue weighted by Crippen LogP contribution is -2.31. The van der Waals surface area contributed by atoms with E-state index in [1.165, 1.54) is 29.0 Å². The lowest BCUT2D eigenvalue weighted by Gasteiger charge is -2.25. The summed E-state index contributed by atoms with van der Waals surface area (Å²) in [6, 6.07) is 4.70. The van der Waals surface area contributed by atoms with Crippen molar-refractivity contribution in [3.8, 4) is 0 Å². The van der Waals surface area contributed by atoms with Gasteiger partial charge in [-0.15, -0.1) is 11.3 Å². The van der Waals surface area contributed by atoms with Gasteiger partial charge in [0.15, 0.2) is 0 Å². The molecule has 2 heterocycles. The Morgan fingerprint density at radius 3 is 2.95 bits per heavy atom. The Hall–Kier alpha value is -1.09. The number of amides is 1. The van der Waals surface area contributed by atoms with Crippen molar-refractivity contribution >= 4 is 17.2 Å². The lowest BCUT2D eigenvalue weighted by molar-refractivity contribution is -0.128. The number of hydrogen-bond donors (Lipinski definition) is 0. The van der Waals surface area contributed by atoms with Crippen molar-refractivity contribution in [1.82, 2.24) is 4.90 Å². The molecule has 20 heavy (non-hydrogen) atoms. The van der Waals surface area contributed by atoms with Gasteiger partial charge in [0.05, 0.1) is 6.04 Å². The quantitative estimate of drug-likeness (QED) is 0.778. The Kier molecular flexibility index (Phi) is 4.25. The molecule has 1 saturated heterocycles. The molecule has 3 rings (SSSR count). The number of likely N-dealkylation sites (tertiary alicyclic amines) is 1. The van der Waals surface area contributed by atoms with Crippen LogP contribution in [0.5, 0.6) is 0 Å². The molecule has 0 unspecified atom stereocenters. The molecule has 1 aromatic rings. The fraction of sp³-hybridized carbons (Fsp3) is 0.588. The average Bonchev–Trinajstić information content (AvgIpc) is 2.99. The summed E-state index contributed by atoms with van der Waals surface area (Å²) >= 11 is 1.84. The number of aryl methyl sites for hydroxylation is 1. The molecule has 0 aromatic carbocycles. The molecule has 0 saturated carbocycles. The van der Waals surface area contributed by atoms with Gasteiger partial charge in [-0.1, -0.05) is 12.5 Å². The van der Waals surface area contributed by atoms with Crippen LogP contribution in [0.15, 0.2) is 23.8 Å². The maximum atomic E-state index is 12.8. The van der Waals surface area contributed by atoms with Crippen molar-refractivity contribution in [1.29, 1.82) is 0 Å². The summed E-state index contributed by atoms with van der Waals surface area (Å²) in [4.78, 5) is 17.6. The molecule has 1 fully saturated rings. The van der Waals surface area contributed by atoms with Crippen molar-refractivity contribution < 1.29 is 4.79 Å². The molecule has 1 aromatic heterocycles. The van der Waals surface area contributed by atoms with Gasteiger partial charge >= 0.3 is 0 Å². The van der Waals surface area contributed by atoms with Crippen LogP contribution in [0.3, 0.4) is 0 Å². The van der Waals surface area contributed by atoms with E-state index in [0.717, 1.165) is 37.8 Å². The van der Waals surface area contributed by atoms with Crippen LogP contribution >= 0.6 is 11.3 Å². The zero-order valence-electron chi connectivity index (χ0n) is 12.2. The van der Waals surface area contributed by atoms with Gasteiger partial charge in [-0.2, -0.15) is 0 Å². The van der Waals surface area contributed by atoms with Crippen LogP contribution < -0.4 is 0 Å². The topological polar surface area (TPSA) is 20.3 Å². The molecular formula is C17H23NOS. The number of nitrogens with zero attached hydrogens (tertiary/aromatic N) is 1. The van der Waals surface area contributed by atoms with E-state index in [-0.39, 0.29) is 0 Å². The monoisotopic (exact) mass is 289 g/mol. The summed E-state index contributed by atoms with van der Waals surface area (Å²) in [5.41, 5.74) is 1.07. The normalized spacial score (nSPS) is 23.6. The van der Waals surface area contributed by atoms with E-state index in [1.807, 2.05) is 11.3 Å². The van der Waals surface area contributed by atoms with Gasteiger partial charge < -0.3 is 4.90 Å². The zero-order chi connectivity index (χ0) is 13.9. The highest BCUT2D eigenvalue weighted by atomic mass is 32.1. The van der Waals surface area contributed by atoms with Crippen LogP contribution in [0.4, 0.5) is 0 Å². The Labute approximate surface area is 125 Å². The number of carbonyl (C=O) groups excluding carboxylic acids is 1. The number of thiophene rings is 1. The van der Waals surface area contributed by atoms with E-state index in [4.69, 9.17) is 0 Å². The first-order chi connectivity index (χ1) is 9.75. The summed E-state index contributed by atoms with van der Waals surface area (Å²) in [5.74, 6) is 0.306. The van der Waals surface area contributed by atoms with Crippen molar-refractivity contribution in [3.63, 3.8) is 0 Å². The molecule has 0 radical (unpaired) electrons. The van der Waals surface area contributed by atoms with E-state index >= 15 is 0 Å². The molecule has 1 aliphatic carbocycles. The van der Waals surface area contributed by atoms with E-state index < -0.39 is 0 Å². The minimum absolute atomic E-state index is 0.306. The zero-order valence-corrected chi connectivity index (χ0v) is 13.0. The van der Waals surface area contributed by atoms with Crippen LogP contribution in [-0.2, 0) is 4.79 Å². The Morgan fingerprint density at radius 1 is 1.25 bits per heavy atom. The first kappa shape index (κ1) is 13.9. The fourth-order valence-corrected chi connectivity index (χ4v) is 4.36. The van der Waals surface area contributed by atoms with E-state index in [1.54, 1.807) is 0 Å². The minimum Gasteiger partial charge on any atom is -0.331 e. The van der Waals surface area contributed by atoms with Crippen molar-refractivity contribution in [3.05, 3.63) is 33.5 Å². The molecule has 0 spiro atoms. The third kappa shape index (κ3) is 2.83. The van der Waals surface area contributed by atoms with E-state index in [2.05, 4.69) is 30.0 Å². The number of rotatable bonds is 2.